The van der Waals surface area contributed by atoms with Crippen LogP contribution in [0.4, 0.5) is 13.2 Å². The zero-order valence-electron chi connectivity index (χ0n) is 10.5. The van der Waals surface area contributed by atoms with Crippen molar-refractivity contribution in [1.82, 2.24) is 10.2 Å². The third-order valence-corrected chi connectivity index (χ3v) is 2.92. The molecule has 2 nitrogen and oxygen atoms in total. The first-order chi connectivity index (χ1) is 8.03. The molecule has 0 aromatic carbocycles. The molecular weight excluding hydrogens is 229 g/mol. The molecule has 0 unspecified atom stereocenters. The maximum Gasteiger partial charge on any atom is 0.401 e. The second-order valence-electron chi connectivity index (χ2n) is 4.77. The molecule has 0 heterocycles. The van der Waals surface area contributed by atoms with E-state index in [1.807, 2.05) is 0 Å². The van der Waals surface area contributed by atoms with Crippen LogP contribution >= 0.6 is 0 Å². The summed E-state index contributed by atoms with van der Waals surface area (Å²) in [6, 6.07) is 0.195. The van der Waals surface area contributed by atoms with E-state index >= 15 is 0 Å². The molecule has 0 radical (unpaired) electrons. The topological polar surface area (TPSA) is 15.3 Å². The molecule has 1 fully saturated rings. The number of rotatable bonds is 9. The van der Waals surface area contributed by atoms with Gasteiger partial charge in [0.2, 0.25) is 0 Å². The average molecular weight is 252 g/mol. The summed E-state index contributed by atoms with van der Waals surface area (Å²) in [6.45, 7) is 3.86. The van der Waals surface area contributed by atoms with Gasteiger partial charge < -0.3 is 5.32 Å². The van der Waals surface area contributed by atoms with Gasteiger partial charge in [0.1, 0.15) is 0 Å². The molecule has 0 amide bonds. The second kappa shape index (κ2) is 7.21. The van der Waals surface area contributed by atoms with Crippen LogP contribution in [-0.4, -0.2) is 43.3 Å². The first-order valence-electron chi connectivity index (χ1n) is 6.54. The molecule has 5 heteroatoms. The highest BCUT2D eigenvalue weighted by molar-refractivity contribution is 4.85. The number of nitrogens with zero attached hydrogens (tertiary/aromatic N) is 1. The highest BCUT2D eigenvalue weighted by Crippen LogP contribution is 2.30. The van der Waals surface area contributed by atoms with Crippen molar-refractivity contribution in [2.75, 3.05) is 26.2 Å². The van der Waals surface area contributed by atoms with Gasteiger partial charge in [-0.2, -0.15) is 13.2 Å². The second-order valence-corrected chi connectivity index (χ2v) is 4.77. The van der Waals surface area contributed by atoms with Gasteiger partial charge in [0.25, 0.3) is 0 Å². The Morgan fingerprint density at radius 1 is 1.18 bits per heavy atom. The molecule has 17 heavy (non-hydrogen) atoms. The Morgan fingerprint density at radius 3 is 2.41 bits per heavy atom. The molecule has 1 rings (SSSR count). The van der Waals surface area contributed by atoms with Gasteiger partial charge >= 0.3 is 6.18 Å². The number of hydrogen-bond acceptors (Lipinski definition) is 2. The summed E-state index contributed by atoms with van der Waals surface area (Å²) in [5, 5.41) is 3.26. The molecule has 0 spiro atoms. The summed E-state index contributed by atoms with van der Waals surface area (Å²) in [4.78, 5) is 1.60. The number of hydrogen-bond donors (Lipinski definition) is 1. The van der Waals surface area contributed by atoms with Crippen LogP contribution in [0.2, 0.25) is 0 Å². The van der Waals surface area contributed by atoms with Crippen molar-refractivity contribution in [1.29, 1.82) is 0 Å². The molecule has 102 valence electrons. The van der Waals surface area contributed by atoms with Gasteiger partial charge in [-0.05, 0) is 51.7 Å². The first kappa shape index (κ1) is 14.8. The molecule has 0 aliphatic heterocycles. The number of alkyl halides is 3. The lowest BCUT2D eigenvalue weighted by Gasteiger charge is -2.23. The van der Waals surface area contributed by atoms with Crippen molar-refractivity contribution >= 4 is 0 Å². The normalized spacial score (nSPS) is 16.8. The van der Waals surface area contributed by atoms with E-state index < -0.39 is 12.7 Å². The molecule has 0 saturated heterocycles. The van der Waals surface area contributed by atoms with Crippen LogP contribution in [0.25, 0.3) is 0 Å². The van der Waals surface area contributed by atoms with E-state index in [0.717, 1.165) is 45.2 Å². The Bertz CT molecular complexity index is 202. The van der Waals surface area contributed by atoms with Gasteiger partial charge in [-0.25, -0.2) is 0 Å². The van der Waals surface area contributed by atoms with Gasteiger partial charge in [-0.15, -0.1) is 0 Å². The highest BCUT2D eigenvalue weighted by Gasteiger charge is 2.37. The van der Waals surface area contributed by atoms with Crippen molar-refractivity contribution in [3.8, 4) is 0 Å². The van der Waals surface area contributed by atoms with Gasteiger partial charge in [0.15, 0.2) is 0 Å². The molecule has 1 aliphatic rings. The van der Waals surface area contributed by atoms with E-state index in [1.54, 1.807) is 4.90 Å². The van der Waals surface area contributed by atoms with Crippen molar-refractivity contribution < 1.29 is 13.2 Å². The molecular formula is C12H23F3N2. The number of nitrogens with one attached hydrogen (secondary N) is 1. The quantitative estimate of drug-likeness (QED) is 0.635. The fourth-order valence-electron chi connectivity index (χ4n) is 1.93. The summed E-state index contributed by atoms with van der Waals surface area (Å²) in [5.74, 6) is 0. The average Bonchev–Trinajstić information content (AvgIpc) is 3.03. The van der Waals surface area contributed by atoms with Gasteiger partial charge in [0.05, 0.1) is 6.54 Å². The minimum atomic E-state index is -4.05. The van der Waals surface area contributed by atoms with Crippen LogP contribution in [-0.2, 0) is 0 Å². The summed E-state index contributed by atoms with van der Waals surface area (Å²) < 4.78 is 36.9. The maximum absolute atomic E-state index is 12.3. The number of halogens is 3. The lowest BCUT2D eigenvalue weighted by atomic mass is 10.2. The minimum Gasteiger partial charge on any atom is -0.317 e. The van der Waals surface area contributed by atoms with Crippen molar-refractivity contribution in [3.05, 3.63) is 0 Å². The minimum absolute atomic E-state index is 0.195. The van der Waals surface area contributed by atoms with Crippen molar-refractivity contribution in [3.63, 3.8) is 0 Å². The van der Waals surface area contributed by atoms with Gasteiger partial charge in [-0.1, -0.05) is 6.92 Å². The van der Waals surface area contributed by atoms with Crippen molar-refractivity contribution in [2.45, 2.75) is 51.2 Å². The lowest BCUT2D eigenvalue weighted by Crippen LogP contribution is -2.36. The Morgan fingerprint density at radius 2 is 1.88 bits per heavy atom. The van der Waals surface area contributed by atoms with E-state index in [1.165, 1.54) is 0 Å². The standard InChI is InChI=1S/C12H23F3N2/c1-2-7-16-8-3-4-9-17(11-5-6-11)10-12(13,14)15/h11,16H,2-10H2,1H3. The largest absolute Gasteiger partial charge is 0.401 e. The third kappa shape index (κ3) is 7.60. The predicted molar refractivity (Wildman–Crippen MR) is 63.0 cm³/mol. The molecule has 1 aliphatic carbocycles. The SMILES string of the molecule is CCCNCCCCN(CC(F)(F)F)C1CC1. The third-order valence-electron chi connectivity index (χ3n) is 2.92. The zero-order chi connectivity index (χ0) is 12.7. The molecule has 0 aromatic heterocycles. The maximum atomic E-state index is 12.3. The summed E-state index contributed by atoms with van der Waals surface area (Å²) in [7, 11) is 0. The molecule has 0 aromatic rings. The van der Waals surface area contributed by atoms with Crippen LogP contribution in [0.15, 0.2) is 0 Å². The Labute approximate surface area is 102 Å². The zero-order valence-corrected chi connectivity index (χ0v) is 10.5. The Kier molecular flexibility index (Phi) is 6.27. The van der Waals surface area contributed by atoms with Gasteiger partial charge in [0, 0.05) is 6.04 Å². The van der Waals surface area contributed by atoms with E-state index in [4.69, 9.17) is 0 Å². The van der Waals surface area contributed by atoms with E-state index in [9.17, 15) is 13.2 Å². The highest BCUT2D eigenvalue weighted by atomic mass is 19.4. The van der Waals surface area contributed by atoms with Crippen LogP contribution in [0.3, 0.4) is 0 Å². The smallest absolute Gasteiger partial charge is 0.317 e. The van der Waals surface area contributed by atoms with Crippen LogP contribution < -0.4 is 5.32 Å². The fraction of sp³-hybridized carbons (Fsp3) is 1.00. The summed E-state index contributed by atoms with van der Waals surface area (Å²) in [5.41, 5.74) is 0. The van der Waals surface area contributed by atoms with E-state index in [2.05, 4.69) is 12.2 Å². The van der Waals surface area contributed by atoms with E-state index in [0.29, 0.717) is 6.54 Å². The molecule has 0 bridgehead atoms. The monoisotopic (exact) mass is 252 g/mol. The summed E-state index contributed by atoms with van der Waals surface area (Å²) in [6.07, 6.45) is 0.726. The summed E-state index contributed by atoms with van der Waals surface area (Å²) >= 11 is 0. The molecule has 1 saturated carbocycles. The van der Waals surface area contributed by atoms with E-state index in [-0.39, 0.29) is 6.04 Å². The van der Waals surface area contributed by atoms with Crippen LogP contribution in [0, 0.1) is 0 Å². The van der Waals surface area contributed by atoms with Crippen molar-refractivity contribution in [2.24, 2.45) is 0 Å². The fourth-order valence-corrected chi connectivity index (χ4v) is 1.93. The van der Waals surface area contributed by atoms with Crippen LogP contribution in [0.5, 0.6) is 0 Å². The lowest BCUT2D eigenvalue weighted by molar-refractivity contribution is -0.147. The predicted octanol–water partition coefficient (Wildman–Crippen LogP) is 2.79. The Balaban J connectivity index is 2.08. The number of unbranched alkanes of at least 4 members (excludes halogenated alkanes) is 1. The Hall–Kier alpha value is -0.290. The molecule has 0 atom stereocenters. The first-order valence-corrected chi connectivity index (χ1v) is 6.54. The molecule has 1 N–H and O–H groups in total. The van der Waals surface area contributed by atoms with Gasteiger partial charge in [-0.3, -0.25) is 4.90 Å². The van der Waals surface area contributed by atoms with Crippen LogP contribution in [0.1, 0.15) is 39.0 Å².